The summed E-state index contributed by atoms with van der Waals surface area (Å²) in [6, 6.07) is 3.44. The van der Waals surface area contributed by atoms with Gasteiger partial charge in [-0.25, -0.2) is 8.78 Å². The van der Waals surface area contributed by atoms with E-state index in [1.54, 1.807) is 18.2 Å². The SMILES string of the molecule is C=CCCc1ccc(C2=CCC(/C=C/CC)CC2)c(F)c1F. The van der Waals surface area contributed by atoms with E-state index in [2.05, 4.69) is 31.7 Å². The highest BCUT2D eigenvalue weighted by atomic mass is 19.2. The molecule has 1 unspecified atom stereocenters. The summed E-state index contributed by atoms with van der Waals surface area (Å²) in [5.41, 5.74) is 1.80. The standard InChI is InChI=1S/C20H24F2/c1-3-5-7-15-9-11-16(12-10-15)18-14-13-17(8-6-4-2)19(21)20(18)22/h4-5,7,11,13-15H,2-3,6,8-10,12H2,1H3/b7-5+. The third kappa shape index (κ3) is 3.94. The average molecular weight is 302 g/mol. The van der Waals surface area contributed by atoms with Crippen molar-refractivity contribution in [3.8, 4) is 0 Å². The first-order valence-corrected chi connectivity index (χ1v) is 8.11. The van der Waals surface area contributed by atoms with Gasteiger partial charge in [-0.05, 0) is 55.6 Å². The molecule has 0 heterocycles. The molecule has 0 amide bonds. The van der Waals surface area contributed by atoms with Gasteiger partial charge in [0, 0.05) is 5.56 Å². The van der Waals surface area contributed by atoms with E-state index in [9.17, 15) is 8.78 Å². The Hall–Kier alpha value is -1.70. The molecule has 0 aromatic heterocycles. The molecule has 1 aliphatic rings. The summed E-state index contributed by atoms with van der Waals surface area (Å²) < 4.78 is 28.5. The number of aryl methyl sites for hydroxylation is 1. The number of halogens is 2. The summed E-state index contributed by atoms with van der Waals surface area (Å²) in [7, 11) is 0. The highest BCUT2D eigenvalue weighted by Gasteiger charge is 2.19. The zero-order valence-electron chi connectivity index (χ0n) is 13.2. The first-order chi connectivity index (χ1) is 10.7. The van der Waals surface area contributed by atoms with Crippen LogP contribution in [0.5, 0.6) is 0 Å². The summed E-state index contributed by atoms with van der Waals surface area (Å²) in [6.45, 7) is 5.73. The summed E-state index contributed by atoms with van der Waals surface area (Å²) in [5.74, 6) is -0.868. The van der Waals surface area contributed by atoms with Gasteiger partial charge in [0.1, 0.15) is 0 Å². The van der Waals surface area contributed by atoms with Crippen molar-refractivity contribution in [3.63, 3.8) is 0 Å². The van der Waals surface area contributed by atoms with Crippen LogP contribution in [0.25, 0.3) is 5.57 Å². The molecule has 0 fully saturated rings. The van der Waals surface area contributed by atoms with Crippen LogP contribution in [-0.4, -0.2) is 0 Å². The quantitative estimate of drug-likeness (QED) is 0.546. The van der Waals surface area contributed by atoms with Crippen LogP contribution in [0.4, 0.5) is 8.78 Å². The summed E-state index contributed by atoms with van der Waals surface area (Å²) >= 11 is 0. The molecule has 1 aromatic rings. The average Bonchev–Trinajstić information content (AvgIpc) is 2.55. The molecule has 1 aromatic carbocycles. The molecule has 2 rings (SSSR count). The maximum atomic E-state index is 14.3. The Kier molecular flexibility index (Phi) is 6.11. The van der Waals surface area contributed by atoms with Gasteiger partial charge in [0.05, 0.1) is 0 Å². The Morgan fingerprint density at radius 3 is 2.73 bits per heavy atom. The second-order valence-corrected chi connectivity index (χ2v) is 5.83. The van der Waals surface area contributed by atoms with Crippen LogP contribution in [0.15, 0.2) is 43.0 Å². The van der Waals surface area contributed by atoms with Gasteiger partial charge in [-0.15, -0.1) is 6.58 Å². The Morgan fingerprint density at radius 1 is 1.27 bits per heavy atom. The van der Waals surface area contributed by atoms with E-state index in [4.69, 9.17) is 0 Å². The predicted molar refractivity (Wildman–Crippen MR) is 89.6 cm³/mol. The molecule has 0 saturated carbocycles. The van der Waals surface area contributed by atoms with Crippen molar-refractivity contribution in [2.45, 2.75) is 45.4 Å². The fraction of sp³-hybridized carbons (Fsp3) is 0.400. The minimum atomic E-state index is -0.701. The van der Waals surface area contributed by atoms with Gasteiger partial charge < -0.3 is 0 Å². The molecule has 0 bridgehead atoms. The molecule has 0 nitrogen and oxygen atoms in total. The first kappa shape index (κ1) is 16.7. The smallest absolute Gasteiger partial charge is 0.166 e. The molecule has 2 heteroatoms. The Balaban J connectivity index is 2.16. The van der Waals surface area contributed by atoms with Gasteiger partial charge in [0.25, 0.3) is 0 Å². The molecule has 1 atom stereocenters. The molecular weight excluding hydrogens is 278 g/mol. The zero-order valence-corrected chi connectivity index (χ0v) is 13.2. The summed E-state index contributed by atoms with van der Waals surface area (Å²) in [5, 5.41) is 0. The highest BCUT2D eigenvalue weighted by molar-refractivity contribution is 5.67. The third-order valence-corrected chi connectivity index (χ3v) is 4.22. The fourth-order valence-electron chi connectivity index (χ4n) is 2.89. The van der Waals surface area contributed by atoms with Gasteiger partial charge in [-0.1, -0.05) is 43.4 Å². The minimum Gasteiger partial charge on any atom is -0.203 e. The molecule has 22 heavy (non-hydrogen) atoms. The molecule has 0 radical (unpaired) electrons. The normalized spacial score (nSPS) is 18.5. The van der Waals surface area contributed by atoms with E-state index in [0.29, 0.717) is 29.9 Å². The number of allylic oxidation sites excluding steroid dienone is 5. The zero-order chi connectivity index (χ0) is 15.9. The van der Waals surface area contributed by atoms with Crippen LogP contribution < -0.4 is 0 Å². The molecule has 0 saturated heterocycles. The van der Waals surface area contributed by atoms with Crippen LogP contribution in [-0.2, 0) is 6.42 Å². The number of hydrogen-bond acceptors (Lipinski definition) is 0. The first-order valence-electron chi connectivity index (χ1n) is 8.11. The maximum Gasteiger partial charge on any atom is 0.166 e. The van der Waals surface area contributed by atoms with E-state index in [1.165, 1.54) is 0 Å². The Bertz CT molecular complexity index is 582. The lowest BCUT2D eigenvalue weighted by atomic mass is 9.85. The summed E-state index contributed by atoms with van der Waals surface area (Å²) in [4.78, 5) is 0. The van der Waals surface area contributed by atoms with Crippen LogP contribution >= 0.6 is 0 Å². The van der Waals surface area contributed by atoms with Crippen LogP contribution in [0.3, 0.4) is 0 Å². The second kappa shape index (κ2) is 8.07. The number of benzene rings is 1. The maximum absolute atomic E-state index is 14.3. The molecule has 118 valence electrons. The van der Waals surface area contributed by atoms with Gasteiger partial charge in [0.15, 0.2) is 11.6 Å². The highest BCUT2D eigenvalue weighted by Crippen LogP contribution is 2.33. The van der Waals surface area contributed by atoms with E-state index in [-0.39, 0.29) is 0 Å². The monoisotopic (exact) mass is 302 g/mol. The lowest BCUT2D eigenvalue weighted by Crippen LogP contribution is -2.05. The van der Waals surface area contributed by atoms with Crippen LogP contribution in [0.1, 0.15) is 50.2 Å². The van der Waals surface area contributed by atoms with Crippen molar-refractivity contribution in [1.29, 1.82) is 0 Å². The largest absolute Gasteiger partial charge is 0.203 e. The van der Waals surface area contributed by atoms with E-state index >= 15 is 0 Å². The van der Waals surface area contributed by atoms with E-state index in [0.717, 1.165) is 31.3 Å². The third-order valence-electron chi connectivity index (χ3n) is 4.22. The summed E-state index contributed by atoms with van der Waals surface area (Å²) in [6.07, 6.45) is 13.1. The van der Waals surface area contributed by atoms with Crippen LogP contribution in [0, 0.1) is 17.6 Å². The topological polar surface area (TPSA) is 0 Å². The second-order valence-electron chi connectivity index (χ2n) is 5.83. The van der Waals surface area contributed by atoms with E-state index < -0.39 is 11.6 Å². The Morgan fingerprint density at radius 2 is 2.09 bits per heavy atom. The lowest BCUT2D eigenvalue weighted by molar-refractivity contribution is 0.494. The molecule has 0 N–H and O–H groups in total. The molecule has 0 spiro atoms. The molecule has 1 aliphatic carbocycles. The van der Waals surface area contributed by atoms with Crippen molar-refractivity contribution in [3.05, 3.63) is 65.8 Å². The van der Waals surface area contributed by atoms with Crippen molar-refractivity contribution >= 4 is 5.57 Å². The lowest BCUT2D eigenvalue weighted by Gasteiger charge is -2.20. The molecular formula is C20H24F2. The fourth-order valence-corrected chi connectivity index (χ4v) is 2.89. The minimum absolute atomic E-state index is 0.428. The van der Waals surface area contributed by atoms with Crippen LogP contribution in [0.2, 0.25) is 0 Å². The van der Waals surface area contributed by atoms with E-state index in [1.807, 2.05) is 0 Å². The van der Waals surface area contributed by atoms with Crippen molar-refractivity contribution in [2.24, 2.45) is 5.92 Å². The predicted octanol–water partition coefficient (Wildman–Crippen LogP) is 6.23. The number of hydrogen-bond donors (Lipinski definition) is 0. The van der Waals surface area contributed by atoms with Crippen molar-refractivity contribution in [1.82, 2.24) is 0 Å². The molecule has 0 aliphatic heterocycles. The van der Waals surface area contributed by atoms with Crippen molar-refractivity contribution < 1.29 is 8.78 Å². The van der Waals surface area contributed by atoms with Gasteiger partial charge in [-0.3, -0.25) is 0 Å². The van der Waals surface area contributed by atoms with Crippen molar-refractivity contribution in [2.75, 3.05) is 0 Å². The Labute approximate surface area is 132 Å². The van der Waals surface area contributed by atoms with Gasteiger partial charge >= 0.3 is 0 Å². The van der Waals surface area contributed by atoms with Gasteiger partial charge in [0.2, 0.25) is 0 Å². The van der Waals surface area contributed by atoms with Gasteiger partial charge in [-0.2, -0.15) is 0 Å². The number of rotatable bonds is 6.